The molecule has 4 rings (SSSR count). The summed E-state index contributed by atoms with van der Waals surface area (Å²) in [6.45, 7) is 2.38. The van der Waals surface area contributed by atoms with E-state index in [9.17, 15) is 19.5 Å². The second kappa shape index (κ2) is 10.7. The van der Waals surface area contributed by atoms with Gasteiger partial charge in [-0.05, 0) is 72.7 Å². The number of rotatable bonds is 7. The molecule has 1 fully saturated rings. The molecule has 36 heavy (non-hydrogen) atoms. The molecule has 1 heterocycles. The minimum atomic E-state index is -0.881. The van der Waals surface area contributed by atoms with Gasteiger partial charge in [-0.1, -0.05) is 35.3 Å². The average molecular weight is 527 g/mol. The number of hydrogen-bond donors (Lipinski definition) is 2. The molecule has 3 aromatic rings. The highest BCUT2D eigenvalue weighted by atomic mass is 35.5. The van der Waals surface area contributed by atoms with Crippen LogP contribution in [0.1, 0.15) is 18.1 Å². The molecular formula is C26H20Cl2N2O6. The first kappa shape index (κ1) is 25.1. The van der Waals surface area contributed by atoms with Gasteiger partial charge < -0.3 is 14.6 Å². The third-order valence-electron chi connectivity index (χ3n) is 5.17. The lowest BCUT2D eigenvalue weighted by Crippen LogP contribution is -2.54. The summed E-state index contributed by atoms with van der Waals surface area (Å²) in [5, 5.41) is 12.5. The molecule has 0 saturated carbocycles. The number of ether oxygens (including phenoxy) is 2. The minimum absolute atomic E-state index is 0.0274. The Morgan fingerprint density at radius 1 is 0.917 bits per heavy atom. The maximum atomic E-state index is 13.1. The number of amides is 4. The van der Waals surface area contributed by atoms with Gasteiger partial charge in [0.2, 0.25) is 0 Å². The monoisotopic (exact) mass is 526 g/mol. The smallest absolute Gasteiger partial charge is 0.335 e. The van der Waals surface area contributed by atoms with Crippen molar-refractivity contribution in [3.63, 3.8) is 0 Å². The van der Waals surface area contributed by atoms with Crippen molar-refractivity contribution in [1.29, 1.82) is 0 Å². The van der Waals surface area contributed by atoms with E-state index in [1.54, 1.807) is 36.4 Å². The maximum absolute atomic E-state index is 13.1. The highest BCUT2D eigenvalue weighted by molar-refractivity contribution is 6.42. The number of aromatic hydroxyl groups is 1. The van der Waals surface area contributed by atoms with E-state index in [1.807, 2.05) is 6.92 Å². The standard InChI is InChI=1S/C26H20Cl2N2O6/c1-2-35-23-13-15(4-10-22(23)36-14-16-3-9-20(27)21(28)12-16)11-19-24(32)29-26(34)30(25(19)33)17-5-7-18(31)8-6-17/h3-13,31H,2,14H2,1H3,(H,29,32,34)/b19-11+. The number of nitrogens with zero attached hydrogens (tertiary/aromatic N) is 1. The van der Waals surface area contributed by atoms with Crippen molar-refractivity contribution in [2.75, 3.05) is 11.5 Å². The summed E-state index contributed by atoms with van der Waals surface area (Å²) in [6, 6.07) is 14.7. The number of nitrogens with one attached hydrogen (secondary N) is 1. The number of benzene rings is 3. The molecule has 1 aliphatic rings. The lowest BCUT2D eigenvalue weighted by atomic mass is 10.1. The summed E-state index contributed by atoms with van der Waals surface area (Å²) in [6.07, 6.45) is 1.36. The Balaban J connectivity index is 1.60. The molecule has 4 amide bonds. The largest absolute Gasteiger partial charge is 0.508 e. The molecule has 1 saturated heterocycles. The summed E-state index contributed by atoms with van der Waals surface area (Å²) in [5.74, 6) is -0.793. The van der Waals surface area contributed by atoms with Gasteiger partial charge in [0.05, 0.1) is 22.3 Å². The van der Waals surface area contributed by atoms with E-state index in [2.05, 4.69) is 5.32 Å². The minimum Gasteiger partial charge on any atom is -0.508 e. The highest BCUT2D eigenvalue weighted by Crippen LogP contribution is 2.32. The van der Waals surface area contributed by atoms with Gasteiger partial charge in [0.1, 0.15) is 17.9 Å². The first-order valence-electron chi connectivity index (χ1n) is 10.8. The Bertz CT molecular complexity index is 1370. The van der Waals surface area contributed by atoms with E-state index in [4.69, 9.17) is 32.7 Å². The van der Waals surface area contributed by atoms with Gasteiger partial charge >= 0.3 is 6.03 Å². The Morgan fingerprint density at radius 2 is 1.67 bits per heavy atom. The number of phenolic OH excluding ortho intramolecular Hbond substituents is 1. The van der Waals surface area contributed by atoms with E-state index in [1.165, 1.54) is 30.3 Å². The molecule has 184 valence electrons. The molecule has 0 radical (unpaired) electrons. The van der Waals surface area contributed by atoms with E-state index in [-0.39, 0.29) is 23.6 Å². The second-order valence-electron chi connectivity index (χ2n) is 7.65. The third kappa shape index (κ3) is 5.45. The van der Waals surface area contributed by atoms with Crippen LogP contribution in [0.25, 0.3) is 6.08 Å². The highest BCUT2D eigenvalue weighted by Gasteiger charge is 2.36. The van der Waals surface area contributed by atoms with Gasteiger partial charge in [-0.25, -0.2) is 9.69 Å². The van der Waals surface area contributed by atoms with E-state index >= 15 is 0 Å². The van der Waals surface area contributed by atoms with Crippen LogP contribution in [0.15, 0.2) is 66.2 Å². The van der Waals surface area contributed by atoms with Gasteiger partial charge in [-0.3, -0.25) is 14.9 Å². The van der Waals surface area contributed by atoms with Crippen molar-refractivity contribution in [1.82, 2.24) is 5.32 Å². The summed E-state index contributed by atoms with van der Waals surface area (Å²) < 4.78 is 11.6. The van der Waals surface area contributed by atoms with Gasteiger partial charge in [0.15, 0.2) is 11.5 Å². The van der Waals surface area contributed by atoms with Gasteiger partial charge in [0.25, 0.3) is 11.8 Å². The lowest BCUT2D eigenvalue weighted by Gasteiger charge is -2.26. The maximum Gasteiger partial charge on any atom is 0.335 e. The number of imide groups is 2. The lowest BCUT2D eigenvalue weighted by molar-refractivity contribution is -0.122. The van der Waals surface area contributed by atoms with Crippen molar-refractivity contribution in [2.24, 2.45) is 0 Å². The number of halogens is 2. The van der Waals surface area contributed by atoms with Gasteiger partial charge in [-0.2, -0.15) is 0 Å². The van der Waals surface area contributed by atoms with Crippen molar-refractivity contribution < 1.29 is 29.0 Å². The van der Waals surface area contributed by atoms with Crippen LogP contribution >= 0.6 is 23.2 Å². The molecule has 0 aromatic heterocycles. The zero-order valence-corrected chi connectivity index (χ0v) is 20.5. The summed E-state index contributed by atoms with van der Waals surface area (Å²) in [5.41, 5.74) is 1.25. The van der Waals surface area contributed by atoms with Crippen LogP contribution in [0.4, 0.5) is 10.5 Å². The van der Waals surface area contributed by atoms with Gasteiger partial charge in [-0.15, -0.1) is 0 Å². The molecule has 3 aromatic carbocycles. The number of barbiturate groups is 1. The van der Waals surface area contributed by atoms with E-state index in [0.717, 1.165) is 10.5 Å². The van der Waals surface area contributed by atoms with Crippen LogP contribution in [0, 0.1) is 0 Å². The summed E-state index contributed by atoms with van der Waals surface area (Å²) >= 11 is 12.0. The third-order valence-corrected chi connectivity index (χ3v) is 5.91. The van der Waals surface area contributed by atoms with E-state index in [0.29, 0.717) is 33.7 Å². The van der Waals surface area contributed by atoms with Crippen LogP contribution < -0.4 is 19.7 Å². The normalized spacial score (nSPS) is 14.7. The Labute approximate surface area is 216 Å². The fourth-order valence-electron chi connectivity index (χ4n) is 3.45. The molecule has 0 spiro atoms. The Kier molecular flexibility index (Phi) is 7.47. The van der Waals surface area contributed by atoms with Crippen LogP contribution in [0.5, 0.6) is 17.2 Å². The van der Waals surface area contributed by atoms with Gasteiger partial charge in [0, 0.05) is 0 Å². The SMILES string of the molecule is CCOc1cc(/C=C2\C(=O)NC(=O)N(c3ccc(O)cc3)C2=O)ccc1OCc1ccc(Cl)c(Cl)c1. The second-order valence-corrected chi connectivity index (χ2v) is 8.46. The molecule has 0 unspecified atom stereocenters. The number of hydrogen-bond acceptors (Lipinski definition) is 6. The number of carbonyl (C=O) groups excluding carboxylic acids is 3. The number of carbonyl (C=O) groups is 3. The topological polar surface area (TPSA) is 105 Å². The van der Waals surface area contributed by atoms with Crippen molar-refractivity contribution in [3.8, 4) is 17.2 Å². The fraction of sp³-hybridized carbons (Fsp3) is 0.115. The zero-order chi connectivity index (χ0) is 25.8. The molecule has 0 atom stereocenters. The van der Waals surface area contributed by atoms with Crippen LogP contribution in [0.3, 0.4) is 0 Å². The Morgan fingerprint density at radius 3 is 2.36 bits per heavy atom. The van der Waals surface area contributed by atoms with E-state index < -0.39 is 17.8 Å². The molecule has 2 N–H and O–H groups in total. The van der Waals surface area contributed by atoms with Crippen molar-refractivity contribution in [2.45, 2.75) is 13.5 Å². The molecular weight excluding hydrogens is 507 g/mol. The molecule has 1 aliphatic heterocycles. The number of urea groups is 1. The average Bonchev–Trinajstić information content (AvgIpc) is 2.84. The van der Waals surface area contributed by atoms with Crippen molar-refractivity contribution >= 4 is 52.8 Å². The first-order valence-corrected chi connectivity index (χ1v) is 11.6. The quantitative estimate of drug-likeness (QED) is 0.318. The number of anilines is 1. The van der Waals surface area contributed by atoms with Crippen LogP contribution in [-0.4, -0.2) is 29.6 Å². The number of phenols is 1. The molecule has 10 heteroatoms. The molecule has 8 nitrogen and oxygen atoms in total. The molecule has 0 bridgehead atoms. The first-order chi connectivity index (χ1) is 17.3. The fourth-order valence-corrected chi connectivity index (χ4v) is 3.77. The predicted molar refractivity (Wildman–Crippen MR) is 136 cm³/mol. The van der Waals surface area contributed by atoms with Crippen LogP contribution in [-0.2, 0) is 16.2 Å². The Hall–Kier alpha value is -4.01. The molecule has 0 aliphatic carbocycles. The predicted octanol–water partition coefficient (Wildman–Crippen LogP) is 5.34. The van der Waals surface area contributed by atoms with Crippen LogP contribution in [0.2, 0.25) is 10.0 Å². The summed E-state index contributed by atoms with van der Waals surface area (Å²) in [4.78, 5) is 38.7. The zero-order valence-electron chi connectivity index (χ0n) is 19.0. The summed E-state index contributed by atoms with van der Waals surface area (Å²) in [7, 11) is 0. The van der Waals surface area contributed by atoms with Crippen molar-refractivity contribution in [3.05, 3.63) is 87.4 Å².